The number of nitrogens with zero attached hydrogens (tertiary/aromatic N) is 4. The highest BCUT2D eigenvalue weighted by Crippen LogP contribution is 2.28. The van der Waals surface area contributed by atoms with E-state index in [0.29, 0.717) is 5.92 Å². The van der Waals surface area contributed by atoms with Crippen LogP contribution >= 0.6 is 0 Å². The van der Waals surface area contributed by atoms with E-state index in [1.807, 2.05) is 31.6 Å². The minimum Gasteiger partial charge on any atom is -0.370 e. The molecule has 4 nitrogen and oxygen atoms in total. The number of hydrogen-bond donors (Lipinski definition) is 0. The lowest BCUT2D eigenvalue weighted by Crippen LogP contribution is -2.35. The first-order valence-electron chi connectivity index (χ1n) is 7.59. The Hall–Kier alpha value is -2.35. The fraction of sp³-hybridized carbons (Fsp3) is 0.412. The standard InChI is InChI=1S/C17H19FN4/c1-21-10-7-20-17(21)11-13-5-8-22(9-6-13)16-4-2-3-15(18)14(16)12-19/h2-4,7,10,13H,5-6,8-9,11H2,1H3. The normalized spacial score (nSPS) is 15.8. The van der Waals surface area contributed by atoms with Crippen LogP contribution in [-0.4, -0.2) is 22.6 Å². The van der Waals surface area contributed by atoms with Gasteiger partial charge in [0.25, 0.3) is 0 Å². The van der Waals surface area contributed by atoms with Crippen LogP contribution in [0.4, 0.5) is 10.1 Å². The molecule has 0 radical (unpaired) electrons. The molecule has 0 amide bonds. The molecule has 0 spiro atoms. The molecule has 5 heteroatoms. The number of imidazole rings is 1. The first-order valence-corrected chi connectivity index (χ1v) is 7.59. The molecule has 1 aromatic carbocycles. The molecular weight excluding hydrogens is 279 g/mol. The number of aryl methyl sites for hydroxylation is 1. The molecule has 1 aliphatic rings. The number of benzene rings is 1. The van der Waals surface area contributed by atoms with Crippen molar-refractivity contribution >= 4 is 5.69 Å². The maximum Gasteiger partial charge on any atom is 0.143 e. The summed E-state index contributed by atoms with van der Waals surface area (Å²) in [5, 5.41) is 9.16. The van der Waals surface area contributed by atoms with Crippen LogP contribution in [0.1, 0.15) is 24.2 Å². The van der Waals surface area contributed by atoms with Gasteiger partial charge in [-0.2, -0.15) is 5.26 Å². The predicted octanol–water partition coefficient (Wildman–Crippen LogP) is 2.89. The molecule has 0 aliphatic carbocycles. The van der Waals surface area contributed by atoms with Crippen molar-refractivity contribution in [3.63, 3.8) is 0 Å². The molecule has 1 saturated heterocycles. The predicted molar refractivity (Wildman–Crippen MR) is 83.0 cm³/mol. The average Bonchev–Trinajstić information content (AvgIpc) is 2.93. The second-order valence-corrected chi connectivity index (χ2v) is 5.83. The van der Waals surface area contributed by atoms with Gasteiger partial charge in [0.2, 0.25) is 0 Å². The third-order valence-electron chi connectivity index (χ3n) is 4.45. The van der Waals surface area contributed by atoms with Crippen LogP contribution in [0.5, 0.6) is 0 Å². The third-order valence-corrected chi connectivity index (χ3v) is 4.45. The van der Waals surface area contributed by atoms with Crippen molar-refractivity contribution in [1.29, 1.82) is 5.26 Å². The van der Waals surface area contributed by atoms with Crippen molar-refractivity contribution in [3.8, 4) is 6.07 Å². The van der Waals surface area contributed by atoms with Crippen molar-refractivity contribution in [2.45, 2.75) is 19.3 Å². The zero-order chi connectivity index (χ0) is 15.5. The van der Waals surface area contributed by atoms with Gasteiger partial charge in [0.15, 0.2) is 0 Å². The minimum atomic E-state index is -0.435. The van der Waals surface area contributed by atoms with Crippen molar-refractivity contribution in [1.82, 2.24) is 9.55 Å². The molecule has 3 rings (SSSR count). The molecule has 1 aliphatic heterocycles. The number of halogens is 1. The van der Waals surface area contributed by atoms with Gasteiger partial charge in [0.05, 0.1) is 5.69 Å². The van der Waals surface area contributed by atoms with Gasteiger partial charge in [-0.3, -0.25) is 0 Å². The van der Waals surface area contributed by atoms with Crippen molar-refractivity contribution in [2.75, 3.05) is 18.0 Å². The van der Waals surface area contributed by atoms with E-state index in [-0.39, 0.29) is 5.56 Å². The van der Waals surface area contributed by atoms with Crippen LogP contribution < -0.4 is 4.90 Å². The van der Waals surface area contributed by atoms with Crippen LogP contribution in [0, 0.1) is 23.1 Å². The fourth-order valence-electron chi connectivity index (χ4n) is 3.12. The van der Waals surface area contributed by atoms with E-state index in [9.17, 15) is 4.39 Å². The highest BCUT2D eigenvalue weighted by molar-refractivity contribution is 5.60. The lowest BCUT2D eigenvalue weighted by Gasteiger charge is -2.34. The number of nitriles is 1. The van der Waals surface area contributed by atoms with E-state index >= 15 is 0 Å². The maximum atomic E-state index is 13.7. The third kappa shape index (κ3) is 2.82. The summed E-state index contributed by atoms with van der Waals surface area (Å²) in [5.74, 6) is 1.27. The van der Waals surface area contributed by atoms with Gasteiger partial charge in [-0.15, -0.1) is 0 Å². The molecule has 2 heterocycles. The summed E-state index contributed by atoms with van der Waals surface area (Å²) >= 11 is 0. The number of hydrogen-bond acceptors (Lipinski definition) is 3. The molecule has 114 valence electrons. The Morgan fingerprint density at radius 2 is 2.14 bits per heavy atom. The Kier molecular flexibility index (Phi) is 4.10. The summed E-state index contributed by atoms with van der Waals surface area (Å²) in [4.78, 5) is 6.50. The monoisotopic (exact) mass is 298 g/mol. The van der Waals surface area contributed by atoms with Gasteiger partial charge in [0, 0.05) is 39.0 Å². The Morgan fingerprint density at radius 3 is 2.77 bits per heavy atom. The van der Waals surface area contributed by atoms with Crippen molar-refractivity contribution in [2.24, 2.45) is 13.0 Å². The van der Waals surface area contributed by atoms with Crippen molar-refractivity contribution in [3.05, 3.63) is 47.8 Å². The summed E-state index contributed by atoms with van der Waals surface area (Å²) in [6.07, 6.45) is 6.85. The van der Waals surface area contributed by atoms with Gasteiger partial charge in [-0.25, -0.2) is 9.37 Å². The summed E-state index contributed by atoms with van der Waals surface area (Å²) in [6.45, 7) is 1.71. The van der Waals surface area contributed by atoms with Gasteiger partial charge in [-0.05, 0) is 30.9 Å². The molecular formula is C17H19FN4. The molecule has 2 aromatic rings. The van der Waals surface area contributed by atoms with Gasteiger partial charge >= 0.3 is 0 Å². The number of rotatable bonds is 3. The molecule has 0 N–H and O–H groups in total. The second kappa shape index (κ2) is 6.18. The summed E-state index contributed by atoms with van der Waals surface area (Å²) in [6, 6.07) is 6.84. The molecule has 1 fully saturated rings. The minimum absolute atomic E-state index is 0.157. The first kappa shape index (κ1) is 14.6. The molecule has 0 saturated carbocycles. The van der Waals surface area contributed by atoms with E-state index in [4.69, 9.17) is 5.26 Å². The van der Waals surface area contributed by atoms with Gasteiger partial charge in [0.1, 0.15) is 23.3 Å². The lowest BCUT2D eigenvalue weighted by molar-refractivity contribution is 0.393. The fourth-order valence-corrected chi connectivity index (χ4v) is 3.12. The van der Waals surface area contributed by atoms with E-state index in [0.717, 1.165) is 43.9 Å². The highest BCUT2D eigenvalue weighted by Gasteiger charge is 2.23. The van der Waals surface area contributed by atoms with Crippen LogP contribution in [0.2, 0.25) is 0 Å². The average molecular weight is 298 g/mol. The number of aromatic nitrogens is 2. The summed E-state index contributed by atoms with van der Waals surface area (Å²) in [7, 11) is 2.02. The quantitative estimate of drug-likeness (QED) is 0.875. The smallest absolute Gasteiger partial charge is 0.143 e. The SMILES string of the molecule is Cn1ccnc1CC1CCN(c2cccc(F)c2C#N)CC1. The Balaban J connectivity index is 1.66. The zero-order valence-electron chi connectivity index (χ0n) is 12.7. The highest BCUT2D eigenvalue weighted by atomic mass is 19.1. The number of anilines is 1. The van der Waals surface area contributed by atoms with Gasteiger partial charge in [-0.1, -0.05) is 6.07 Å². The summed E-state index contributed by atoms with van der Waals surface area (Å²) < 4.78 is 15.8. The van der Waals surface area contributed by atoms with E-state index in [1.54, 1.807) is 6.07 Å². The van der Waals surface area contributed by atoms with Crippen LogP contribution in [0.15, 0.2) is 30.6 Å². The van der Waals surface area contributed by atoms with E-state index in [1.165, 1.54) is 6.07 Å². The Bertz CT molecular complexity index is 693. The van der Waals surface area contributed by atoms with Crippen LogP contribution in [0.25, 0.3) is 0 Å². The largest absolute Gasteiger partial charge is 0.370 e. The topological polar surface area (TPSA) is 44.9 Å². The molecule has 0 unspecified atom stereocenters. The van der Waals surface area contributed by atoms with Crippen LogP contribution in [0.3, 0.4) is 0 Å². The van der Waals surface area contributed by atoms with Gasteiger partial charge < -0.3 is 9.47 Å². The Morgan fingerprint density at radius 1 is 1.36 bits per heavy atom. The molecule has 0 bridgehead atoms. The number of piperidine rings is 1. The molecule has 0 atom stereocenters. The summed E-state index contributed by atoms with van der Waals surface area (Å²) in [5.41, 5.74) is 0.878. The lowest BCUT2D eigenvalue weighted by atomic mass is 9.92. The Labute approximate surface area is 129 Å². The van der Waals surface area contributed by atoms with E-state index in [2.05, 4.69) is 14.5 Å². The zero-order valence-corrected chi connectivity index (χ0v) is 12.7. The first-order chi connectivity index (χ1) is 10.7. The van der Waals surface area contributed by atoms with Crippen LogP contribution in [-0.2, 0) is 13.5 Å². The maximum absolute atomic E-state index is 13.7. The van der Waals surface area contributed by atoms with Crippen molar-refractivity contribution < 1.29 is 4.39 Å². The molecule has 22 heavy (non-hydrogen) atoms. The second-order valence-electron chi connectivity index (χ2n) is 5.83. The van der Waals surface area contributed by atoms with E-state index < -0.39 is 5.82 Å². The molecule has 1 aromatic heterocycles.